The summed E-state index contributed by atoms with van der Waals surface area (Å²) in [5.41, 5.74) is 5.87. The van der Waals surface area contributed by atoms with Crippen LogP contribution in [0.15, 0.2) is 6.07 Å². The van der Waals surface area contributed by atoms with E-state index in [1.807, 2.05) is 17.8 Å². The van der Waals surface area contributed by atoms with Crippen LogP contribution in [0.3, 0.4) is 0 Å². The van der Waals surface area contributed by atoms with Gasteiger partial charge in [0, 0.05) is 23.3 Å². The molecule has 0 radical (unpaired) electrons. The van der Waals surface area contributed by atoms with Crippen LogP contribution < -0.4 is 11.1 Å². The highest BCUT2D eigenvalue weighted by Crippen LogP contribution is 2.29. The molecule has 3 N–H and O–H groups in total. The van der Waals surface area contributed by atoms with E-state index in [0.717, 1.165) is 11.6 Å². The minimum absolute atomic E-state index is 0.298. The molecule has 106 valence electrons. The molecule has 1 aliphatic rings. The summed E-state index contributed by atoms with van der Waals surface area (Å²) in [6, 6.07) is 2.34. The van der Waals surface area contributed by atoms with E-state index in [-0.39, 0.29) is 0 Å². The number of anilines is 2. The summed E-state index contributed by atoms with van der Waals surface area (Å²) in [6.45, 7) is 4.17. The Balaban J connectivity index is 2.13. The number of nitrogens with two attached hydrogens (primary N) is 1. The average molecular weight is 280 g/mol. The van der Waals surface area contributed by atoms with Gasteiger partial charge in [-0.15, -0.1) is 0 Å². The van der Waals surface area contributed by atoms with Crippen LogP contribution >= 0.6 is 11.8 Å². The third-order valence-corrected chi connectivity index (χ3v) is 4.79. The number of rotatable bonds is 4. The molecule has 2 unspecified atom stereocenters. The summed E-state index contributed by atoms with van der Waals surface area (Å²) >= 11 is 1.95. The van der Waals surface area contributed by atoms with Gasteiger partial charge in [-0.3, -0.25) is 0 Å². The second-order valence-electron chi connectivity index (χ2n) is 5.50. The van der Waals surface area contributed by atoms with Crippen molar-refractivity contribution in [3.8, 4) is 0 Å². The second-order valence-corrected chi connectivity index (χ2v) is 6.58. The minimum Gasteiger partial charge on any atom is -0.384 e. The van der Waals surface area contributed by atoms with E-state index in [0.29, 0.717) is 23.0 Å². The fourth-order valence-electron chi connectivity index (χ4n) is 2.55. The van der Waals surface area contributed by atoms with E-state index in [4.69, 9.17) is 5.73 Å². The average Bonchev–Trinajstić information content (AvgIpc) is 2.38. The first-order valence-electron chi connectivity index (χ1n) is 7.04. The van der Waals surface area contributed by atoms with Crippen LogP contribution in [0.2, 0.25) is 0 Å². The van der Waals surface area contributed by atoms with Crippen LogP contribution in [0.4, 0.5) is 11.6 Å². The van der Waals surface area contributed by atoms with E-state index < -0.39 is 0 Å². The summed E-state index contributed by atoms with van der Waals surface area (Å²) < 4.78 is 0. The second kappa shape index (κ2) is 6.46. The van der Waals surface area contributed by atoms with Crippen LogP contribution in [0.25, 0.3) is 0 Å². The molecule has 1 aromatic heterocycles. The molecule has 0 bridgehead atoms. The molecule has 0 aromatic carbocycles. The number of hydrogen-bond acceptors (Lipinski definition) is 5. The summed E-state index contributed by atoms with van der Waals surface area (Å²) in [5, 5.41) is 4.24. The molecule has 0 amide bonds. The first kappa shape index (κ1) is 14.4. The van der Waals surface area contributed by atoms with Crippen LogP contribution in [0, 0.1) is 0 Å². The van der Waals surface area contributed by atoms with E-state index >= 15 is 0 Å². The monoisotopic (exact) mass is 280 g/mol. The van der Waals surface area contributed by atoms with Gasteiger partial charge in [0.2, 0.25) is 0 Å². The lowest BCUT2D eigenvalue weighted by Gasteiger charge is -2.31. The molecule has 2 atom stereocenters. The number of aromatic nitrogens is 2. The van der Waals surface area contributed by atoms with Crippen molar-refractivity contribution in [3.05, 3.63) is 11.9 Å². The Morgan fingerprint density at radius 1 is 1.32 bits per heavy atom. The standard InChI is InChI=1S/C14H24N4S/c1-9(2)14-17-12(15)8-13(18-14)16-10-6-4-5-7-11(10)19-3/h8-11H,4-7H2,1-3H3,(H3,15,16,17,18). The molecule has 19 heavy (non-hydrogen) atoms. The van der Waals surface area contributed by atoms with E-state index in [9.17, 15) is 0 Å². The molecule has 5 heteroatoms. The highest BCUT2D eigenvalue weighted by molar-refractivity contribution is 7.99. The lowest BCUT2D eigenvalue weighted by molar-refractivity contribution is 0.474. The number of nitrogen functional groups attached to an aromatic ring is 1. The highest BCUT2D eigenvalue weighted by Gasteiger charge is 2.24. The maximum absolute atomic E-state index is 5.87. The van der Waals surface area contributed by atoms with Gasteiger partial charge in [-0.1, -0.05) is 26.7 Å². The van der Waals surface area contributed by atoms with E-state index in [1.54, 1.807) is 0 Å². The third-order valence-electron chi connectivity index (χ3n) is 3.62. The van der Waals surface area contributed by atoms with Crippen LogP contribution in [-0.2, 0) is 0 Å². The lowest BCUT2D eigenvalue weighted by Crippen LogP contribution is -2.34. The highest BCUT2D eigenvalue weighted by atomic mass is 32.2. The van der Waals surface area contributed by atoms with Crippen molar-refractivity contribution in [1.29, 1.82) is 0 Å². The molecule has 1 aliphatic carbocycles. The Hall–Kier alpha value is -0.970. The van der Waals surface area contributed by atoms with Gasteiger partial charge in [-0.25, -0.2) is 9.97 Å². The molecule has 1 heterocycles. The number of nitrogens with one attached hydrogen (secondary N) is 1. The zero-order chi connectivity index (χ0) is 13.8. The summed E-state index contributed by atoms with van der Waals surface area (Å²) in [7, 11) is 0. The SMILES string of the molecule is CSC1CCCCC1Nc1cc(N)nc(C(C)C)n1. The van der Waals surface area contributed by atoms with Crippen molar-refractivity contribution in [2.24, 2.45) is 0 Å². The summed E-state index contributed by atoms with van der Waals surface area (Å²) in [5.74, 6) is 2.55. The Morgan fingerprint density at radius 3 is 2.74 bits per heavy atom. The predicted octanol–water partition coefficient (Wildman–Crippen LogP) is 3.27. The molecule has 0 spiro atoms. The van der Waals surface area contributed by atoms with Crippen molar-refractivity contribution in [2.45, 2.75) is 56.7 Å². The zero-order valence-electron chi connectivity index (χ0n) is 12.0. The largest absolute Gasteiger partial charge is 0.384 e. The van der Waals surface area contributed by atoms with Gasteiger partial charge in [0.15, 0.2) is 0 Å². The van der Waals surface area contributed by atoms with Gasteiger partial charge in [0.1, 0.15) is 17.5 Å². The van der Waals surface area contributed by atoms with Crippen molar-refractivity contribution >= 4 is 23.4 Å². The minimum atomic E-state index is 0.298. The van der Waals surface area contributed by atoms with Gasteiger partial charge < -0.3 is 11.1 Å². The van der Waals surface area contributed by atoms with Gasteiger partial charge in [-0.05, 0) is 19.1 Å². The normalized spacial score (nSPS) is 23.6. The Bertz CT molecular complexity index is 422. The maximum Gasteiger partial charge on any atom is 0.135 e. The topological polar surface area (TPSA) is 63.8 Å². The maximum atomic E-state index is 5.87. The molecule has 1 fully saturated rings. The first-order chi connectivity index (χ1) is 9.10. The smallest absolute Gasteiger partial charge is 0.135 e. The zero-order valence-corrected chi connectivity index (χ0v) is 12.8. The van der Waals surface area contributed by atoms with Gasteiger partial charge in [0.25, 0.3) is 0 Å². The van der Waals surface area contributed by atoms with Crippen LogP contribution in [0.1, 0.15) is 51.3 Å². The third kappa shape index (κ3) is 3.75. The number of hydrogen-bond donors (Lipinski definition) is 2. The van der Waals surface area contributed by atoms with Crippen LogP contribution in [0.5, 0.6) is 0 Å². The van der Waals surface area contributed by atoms with Crippen molar-refractivity contribution in [2.75, 3.05) is 17.3 Å². The van der Waals surface area contributed by atoms with Crippen LogP contribution in [-0.4, -0.2) is 27.5 Å². The molecule has 2 rings (SSSR count). The first-order valence-corrected chi connectivity index (χ1v) is 8.32. The molecular formula is C14H24N4S. The van der Waals surface area contributed by atoms with Crippen molar-refractivity contribution in [1.82, 2.24) is 9.97 Å². The van der Waals surface area contributed by atoms with Gasteiger partial charge in [-0.2, -0.15) is 11.8 Å². The Labute approximate surface area is 120 Å². The van der Waals surface area contributed by atoms with Crippen molar-refractivity contribution < 1.29 is 0 Å². The fourth-order valence-corrected chi connectivity index (χ4v) is 3.49. The summed E-state index contributed by atoms with van der Waals surface area (Å²) in [6.07, 6.45) is 7.33. The summed E-state index contributed by atoms with van der Waals surface area (Å²) in [4.78, 5) is 8.87. The van der Waals surface area contributed by atoms with E-state index in [2.05, 4.69) is 35.4 Å². The molecule has 0 saturated heterocycles. The fraction of sp³-hybridized carbons (Fsp3) is 0.714. The van der Waals surface area contributed by atoms with E-state index in [1.165, 1.54) is 25.7 Å². The molecule has 4 nitrogen and oxygen atoms in total. The molecule has 1 saturated carbocycles. The molecule has 0 aliphatic heterocycles. The number of thioether (sulfide) groups is 1. The quantitative estimate of drug-likeness (QED) is 0.886. The lowest BCUT2D eigenvalue weighted by atomic mass is 9.95. The van der Waals surface area contributed by atoms with Crippen molar-refractivity contribution in [3.63, 3.8) is 0 Å². The van der Waals surface area contributed by atoms with Gasteiger partial charge in [0.05, 0.1) is 0 Å². The Kier molecular flexibility index (Phi) is 4.91. The predicted molar refractivity (Wildman–Crippen MR) is 83.7 cm³/mol. The molecule has 1 aromatic rings. The number of nitrogens with zero attached hydrogens (tertiary/aromatic N) is 2. The van der Waals surface area contributed by atoms with Gasteiger partial charge >= 0.3 is 0 Å². The molecular weight excluding hydrogens is 256 g/mol. The Morgan fingerprint density at radius 2 is 2.05 bits per heavy atom.